The first-order chi connectivity index (χ1) is 8.07. The van der Waals surface area contributed by atoms with Crippen LogP contribution in [0.4, 0.5) is 4.79 Å². The third-order valence-electron chi connectivity index (χ3n) is 3.67. The van der Waals surface area contributed by atoms with Crippen molar-refractivity contribution in [2.45, 2.75) is 24.8 Å². The second-order valence-corrected chi connectivity index (χ2v) is 4.76. The molecule has 6 heteroatoms. The van der Waals surface area contributed by atoms with Gasteiger partial charge in [-0.2, -0.15) is 0 Å². The van der Waals surface area contributed by atoms with Gasteiger partial charge in [0.1, 0.15) is 0 Å². The number of methoxy groups -OCH3 is 1. The lowest BCUT2D eigenvalue weighted by Gasteiger charge is -2.43. The van der Waals surface area contributed by atoms with Crippen LogP contribution in [0.15, 0.2) is 0 Å². The number of hydrogen-bond acceptors (Lipinski definition) is 4. The van der Waals surface area contributed by atoms with Crippen molar-refractivity contribution >= 4 is 12.0 Å². The smallest absolute Gasteiger partial charge is 0.409 e. The van der Waals surface area contributed by atoms with Crippen LogP contribution in [0.5, 0.6) is 0 Å². The molecule has 17 heavy (non-hydrogen) atoms. The molecule has 1 aliphatic heterocycles. The normalized spacial score (nSPS) is 22.9. The van der Waals surface area contributed by atoms with Gasteiger partial charge in [0.25, 0.3) is 0 Å². The maximum atomic E-state index is 12.1. The van der Waals surface area contributed by atoms with Gasteiger partial charge in [0.15, 0.2) is 0 Å². The molecule has 96 valence electrons. The van der Waals surface area contributed by atoms with Gasteiger partial charge in [-0.05, 0) is 19.3 Å². The molecule has 1 aliphatic carbocycles. The van der Waals surface area contributed by atoms with E-state index in [9.17, 15) is 9.59 Å². The Morgan fingerprint density at radius 2 is 1.65 bits per heavy atom. The predicted octanol–water partition coefficient (Wildman–Crippen LogP) is -0.222. The maximum absolute atomic E-state index is 12.1. The van der Waals surface area contributed by atoms with Gasteiger partial charge in [0.2, 0.25) is 5.91 Å². The van der Waals surface area contributed by atoms with E-state index < -0.39 is 5.54 Å². The van der Waals surface area contributed by atoms with Crippen molar-refractivity contribution in [3.05, 3.63) is 0 Å². The third kappa shape index (κ3) is 2.22. The Bertz CT molecular complexity index is 320. The van der Waals surface area contributed by atoms with Gasteiger partial charge in [-0.1, -0.05) is 0 Å². The monoisotopic (exact) mass is 241 g/mol. The summed E-state index contributed by atoms with van der Waals surface area (Å²) < 4.78 is 4.64. The largest absolute Gasteiger partial charge is 0.453 e. The molecule has 0 atom stereocenters. The zero-order valence-corrected chi connectivity index (χ0v) is 10.1. The topological polar surface area (TPSA) is 75.9 Å². The van der Waals surface area contributed by atoms with Crippen molar-refractivity contribution in [3.63, 3.8) is 0 Å². The molecule has 0 bridgehead atoms. The fraction of sp³-hybridized carbons (Fsp3) is 0.818. The molecule has 6 nitrogen and oxygen atoms in total. The lowest BCUT2D eigenvalue weighted by molar-refractivity contribution is -0.141. The molecule has 0 radical (unpaired) electrons. The van der Waals surface area contributed by atoms with E-state index in [1.807, 2.05) is 0 Å². The highest BCUT2D eigenvalue weighted by Gasteiger charge is 2.43. The Morgan fingerprint density at radius 3 is 2.06 bits per heavy atom. The van der Waals surface area contributed by atoms with Gasteiger partial charge < -0.3 is 20.3 Å². The first-order valence-corrected chi connectivity index (χ1v) is 5.98. The summed E-state index contributed by atoms with van der Waals surface area (Å²) in [6.07, 6.45) is 2.26. The molecule has 0 aromatic rings. The Labute approximate surface area is 101 Å². The second kappa shape index (κ2) is 4.52. The Hall–Kier alpha value is -1.30. The number of piperazine rings is 1. The van der Waals surface area contributed by atoms with Crippen LogP contribution in [0, 0.1) is 0 Å². The van der Waals surface area contributed by atoms with E-state index in [1.54, 1.807) is 9.80 Å². The molecule has 0 aromatic carbocycles. The van der Waals surface area contributed by atoms with Crippen LogP contribution in [0.1, 0.15) is 19.3 Å². The molecular formula is C11H19N3O3. The minimum absolute atomic E-state index is 0.0354. The summed E-state index contributed by atoms with van der Waals surface area (Å²) in [6.45, 7) is 2.14. The number of carbonyl (C=O) groups excluding carboxylic acids is 2. The van der Waals surface area contributed by atoms with E-state index in [0.29, 0.717) is 26.2 Å². The average Bonchev–Trinajstić information content (AvgIpc) is 2.34. The van der Waals surface area contributed by atoms with Crippen molar-refractivity contribution in [2.75, 3.05) is 33.3 Å². The van der Waals surface area contributed by atoms with E-state index >= 15 is 0 Å². The zero-order chi connectivity index (χ0) is 12.5. The van der Waals surface area contributed by atoms with E-state index in [1.165, 1.54) is 7.11 Å². The van der Waals surface area contributed by atoms with E-state index in [-0.39, 0.29) is 12.0 Å². The van der Waals surface area contributed by atoms with Crippen LogP contribution >= 0.6 is 0 Å². The lowest BCUT2D eigenvalue weighted by Crippen LogP contribution is -2.62. The molecule has 0 spiro atoms. The van der Waals surface area contributed by atoms with Crippen molar-refractivity contribution in [1.82, 2.24) is 9.80 Å². The fourth-order valence-corrected chi connectivity index (χ4v) is 2.31. The molecule has 2 N–H and O–H groups in total. The van der Waals surface area contributed by atoms with Crippen LogP contribution < -0.4 is 5.73 Å². The number of carbonyl (C=O) groups is 2. The van der Waals surface area contributed by atoms with Gasteiger partial charge >= 0.3 is 6.09 Å². The number of nitrogens with two attached hydrogens (primary N) is 1. The summed E-state index contributed by atoms with van der Waals surface area (Å²) in [5.41, 5.74) is 5.37. The number of amides is 2. The molecule has 2 rings (SSSR count). The molecule has 1 saturated heterocycles. The zero-order valence-electron chi connectivity index (χ0n) is 10.1. The molecule has 2 amide bonds. The quantitative estimate of drug-likeness (QED) is 0.688. The van der Waals surface area contributed by atoms with Crippen molar-refractivity contribution < 1.29 is 14.3 Å². The highest BCUT2D eigenvalue weighted by Crippen LogP contribution is 2.31. The van der Waals surface area contributed by atoms with Gasteiger partial charge in [0.05, 0.1) is 12.6 Å². The Balaban J connectivity index is 1.86. The fourth-order valence-electron chi connectivity index (χ4n) is 2.31. The molecule has 1 saturated carbocycles. The SMILES string of the molecule is COC(=O)N1CCN(C(=O)C2(N)CCC2)CC1. The van der Waals surface area contributed by atoms with Crippen molar-refractivity contribution in [3.8, 4) is 0 Å². The third-order valence-corrected chi connectivity index (χ3v) is 3.67. The van der Waals surface area contributed by atoms with Crippen molar-refractivity contribution in [1.29, 1.82) is 0 Å². The predicted molar refractivity (Wildman–Crippen MR) is 61.3 cm³/mol. The molecule has 1 heterocycles. The van der Waals surface area contributed by atoms with E-state index in [4.69, 9.17) is 5.73 Å². The molecule has 0 aromatic heterocycles. The summed E-state index contributed by atoms with van der Waals surface area (Å²) in [6, 6.07) is 0. The lowest BCUT2D eigenvalue weighted by atomic mass is 9.76. The van der Waals surface area contributed by atoms with Gasteiger partial charge in [-0.25, -0.2) is 4.79 Å². The van der Waals surface area contributed by atoms with Crippen LogP contribution in [0.2, 0.25) is 0 Å². The standard InChI is InChI=1S/C11H19N3O3/c1-17-10(16)14-7-5-13(6-8-14)9(15)11(12)3-2-4-11/h2-8,12H2,1H3. The van der Waals surface area contributed by atoms with Crippen LogP contribution in [0.3, 0.4) is 0 Å². The molecule has 2 aliphatic rings. The van der Waals surface area contributed by atoms with Gasteiger partial charge in [-0.3, -0.25) is 4.79 Å². The van der Waals surface area contributed by atoms with Gasteiger partial charge in [0, 0.05) is 26.2 Å². The Morgan fingerprint density at radius 1 is 1.12 bits per heavy atom. The maximum Gasteiger partial charge on any atom is 0.409 e. The minimum Gasteiger partial charge on any atom is -0.453 e. The summed E-state index contributed by atoms with van der Waals surface area (Å²) >= 11 is 0. The first-order valence-electron chi connectivity index (χ1n) is 5.98. The number of rotatable bonds is 1. The first kappa shape index (κ1) is 12.2. The summed E-state index contributed by atoms with van der Waals surface area (Å²) in [5.74, 6) is 0.0354. The van der Waals surface area contributed by atoms with Crippen LogP contribution in [-0.4, -0.2) is 60.6 Å². The number of ether oxygens (including phenoxy) is 1. The van der Waals surface area contributed by atoms with E-state index in [0.717, 1.165) is 19.3 Å². The molecule has 2 fully saturated rings. The summed E-state index contributed by atoms with van der Waals surface area (Å²) in [5, 5.41) is 0. The Kier molecular flexibility index (Phi) is 3.24. The summed E-state index contributed by atoms with van der Waals surface area (Å²) in [4.78, 5) is 26.8. The number of nitrogens with zero attached hydrogens (tertiary/aromatic N) is 2. The summed E-state index contributed by atoms with van der Waals surface area (Å²) in [7, 11) is 1.36. The van der Waals surface area contributed by atoms with Crippen LogP contribution in [-0.2, 0) is 9.53 Å². The number of hydrogen-bond donors (Lipinski definition) is 1. The van der Waals surface area contributed by atoms with Crippen molar-refractivity contribution in [2.24, 2.45) is 5.73 Å². The van der Waals surface area contributed by atoms with Crippen LogP contribution in [0.25, 0.3) is 0 Å². The van der Waals surface area contributed by atoms with E-state index in [2.05, 4.69) is 4.74 Å². The average molecular weight is 241 g/mol. The molecule has 0 unspecified atom stereocenters. The highest BCUT2D eigenvalue weighted by atomic mass is 16.5. The second-order valence-electron chi connectivity index (χ2n) is 4.76. The minimum atomic E-state index is -0.632. The van der Waals surface area contributed by atoms with Gasteiger partial charge in [-0.15, -0.1) is 0 Å². The highest BCUT2D eigenvalue weighted by molar-refractivity contribution is 5.87. The molecular weight excluding hydrogens is 222 g/mol.